The molecule has 0 radical (unpaired) electrons. The molecule has 6 heteroatoms. The Bertz CT molecular complexity index is 411. The van der Waals surface area contributed by atoms with Gasteiger partial charge in [0.05, 0.1) is 3.57 Å². The molecule has 0 bridgehead atoms. The number of hydrogen-bond donors (Lipinski definition) is 3. The Hall–Kier alpha value is 0.690. The standard InChI is InChI=1S/C12H16I2N2O.ClH/c13-8-5-9(12(17)10(14)6-8)11(15)7-1-3-16-4-2-7;/h5-7,11,16-17H,1-4,15H2;1H/t11-;/m1./s1. The lowest BCUT2D eigenvalue weighted by Crippen LogP contribution is -2.33. The summed E-state index contributed by atoms with van der Waals surface area (Å²) in [6.07, 6.45) is 2.17. The van der Waals surface area contributed by atoms with Gasteiger partial charge in [-0.05, 0) is 89.2 Å². The monoisotopic (exact) mass is 494 g/mol. The van der Waals surface area contributed by atoms with Crippen molar-refractivity contribution in [2.24, 2.45) is 11.7 Å². The van der Waals surface area contributed by atoms with Crippen LogP contribution >= 0.6 is 57.6 Å². The van der Waals surface area contributed by atoms with Crippen molar-refractivity contribution in [2.75, 3.05) is 13.1 Å². The van der Waals surface area contributed by atoms with Crippen LogP contribution < -0.4 is 11.1 Å². The Morgan fingerprint density at radius 3 is 2.50 bits per heavy atom. The highest BCUT2D eigenvalue weighted by molar-refractivity contribution is 14.1. The van der Waals surface area contributed by atoms with Crippen LogP contribution in [0.15, 0.2) is 12.1 Å². The number of phenolic OH excluding ortho intramolecular Hbond substituents is 1. The summed E-state index contributed by atoms with van der Waals surface area (Å²) in [4.78, 5) is 0. The van der Waals surface area contributed by atoms with Crippen molar-refractivity contribution in [3.63, 3.8) is 0 Å². The Kier molecular flexibility index (Phi) is 6.95. The lowest BCUT2D eigenvalue weighted by Gasteiger charge is -2.29. The number of rotatable bonds is 2. The van der Waals surface area contributed by atoms with Crippen LogP contribution in [0, 0.1) is 13.1 Å². The summed E-state index contributed by atoms with van der Waals surface area (Å²) < 4.78 is 2.01. The molecule has 4 N–H and O–H groups in total. The van der Waals surface area contributed by atoms with Gasteiger partial charge in [-0.2, -0.15) is 0 Å². The van der Waals surface area contributed by atoms with Gasteiger partial charge in [-0.3, -0.25) is 0 Å². The first-order valence-corrected chi connectivity index (χ1v) is 7.89. The second-order valence-electron chi connectivity index (χ2n) is 4.44. The fourth-order valence-corrected chi connectivity index (χ4v) is 4.19. The molecule has 1 aromatic rings. The Morgan fingerprint density at radius 2 is 1.89 bits per heavy atom. The van der Waals surface area contributed by atoms with Gasteiger partial charge in [-0.25, -0.2) is 0 Å². The van der Waals surface area contributed by atoms with E-state index in [1.807, 2.05) is 12.1 Å². The molecule has 0 spiro atoms. The van der Waals surface area contributed by atoms with Crippen molar-refractivity contribution in [1.82, 2.24) is 5.32 Å². The van der Waals surface area contributed by atoms with Gasteiger partial charge in [0.25, 0.3) is 0 Å². The number of benzene rings is 1. The fourth-order valence-electron chi connectivity index (χ4n) is 2.30. The summed E-state index contributed by atoms with van der Waals surface area (Å²) in [5.74, 6) is 0.827. The first-order valence-electron chi connectivity index (χ1n) is 5.74. The number of hydrogen-bond acceptors (Lipinski definition) is 3. The molecule has 0 unspecified atom stereocenters. The lowest BCUT2D eigenvalue weighted by molar-refractivity contribution is 0.315. The average Bonchev–Trinajstić information content (AvgIpc) is 2.34. The third-order valence-corrected chi connectivity index (χ3v) is 4.75. The zero-order valence-corrected chi connectivity index (χ0v) is 15.0. The van der Waals surface area contributed by atoms with Crippen LogP contribution in [-0.2, 0) is 0 Å². The van der Waals surface area contributed by atoms with E-state index in [0.717, 1.165) is 38.6 Å². The smallest absolute Gasteiger partial charge is 0.133 e. The molecular weight excluding hydrogens is 477 g/mol. The van der Waals surface area contributed by atoms with Crippen LogP contribution in [0.1, 0.15) is 24.4 Å². The summed E-state index contributed by atoms with van der Waals surface area (Å²) in [6.45, 7) is 2.06. The van der Waals surface area contributed by atoms with Gasteiger partial charge in [0.15, 0.2) is 0 Å². The summed E-state index contributed by atoms with van der Waals surface area (Å²) >= 11 is 4.43. The topological polar surface area (TPSA) is 58.3 Å². The van der Waals surface area contributed by atoms with Crippen molar-refractivity contribution >= 4 is 57.6 Å². The summed E-state index contributed by atoms with van der Waals surface area (Å²) in [5.41, 5.74) is 7.21. The predicted molar refractivity (Wildman–Crippen MR) is 93.3 cm³/mol. The van der Waals surface area contributed by atoms with E-state index in [2.05, 4.69) is 50.5 Å². The van der Waals surface area contributed by atoms with Crippen molar-refractivity contribution in [1.29, 1.82) is 0 Å². The minimum Gasteiger partial charge on any atom is -0.506 e. The second kappa shape index (κ2) is 7.47. The molecule has 1 aliphatic heterocycles. The maximum Gasteiger partial charge on any atom is 0.133 e. The van der Waals surface area contributed by atoms with Crippen molar-refractivity contribution < 1.29 is 5.11 Å². The van der Waals surface area contributed by atoms with E-state index in [4.69, 9.17) is 5.73 Å². The molecule has 0 saturated carbocycles. The normalized spacial score (nSPS) is 18.2. The zero-order valence-electron chi connectivity index (χ0n) is 9.83. The van der Waals surface area contributed by atoms with Crippen molar-refractivity contribution in [3.8, 4) is 5.75 Å². The second-order valence-corrected chi connectivity index (χ2v) is 6.85. The minimum absolute atomic E-state index is 0. The first-order chi connectivity index (χ1) is 8.09. The van der Waals surface area contributed by atoms with Crippen LogP contribution in [0.3, 0.4) is 0 Å². The SMILES string of the molecule is Cl.N[C@@H](c1cc(I)cc(I)c1O)C1CCNCC1. The first kappa shape index (κ1) is 16.7. The molecule has 1 aromatic carbocycles. The highest BCUT2D eigenvalue weighted by Gasteiger charge is 2.24. The largest absolute Gasteiger partial charge is 0.506 e. The van der Waals surface area contributed by atoms with Crippen LogP contribution in [0.2, 0.25) is 0 Å². The van der Waals surface area contributed by atoms with Gasteiger partial charge in [-0.15, -0.1) is 12.4 Å². The predicted octanol–water partition coefficient (Wildman–Crippen LogP) is 3.02. The quantitative estimate of drug-likeness (QED) is 0.554. The molecule has 0 aliphatic carbocycles. The molecule has 2 rings (SSSR count). The molecule has 18 heavy (non-hydrogen) atoms. The highest BCUT2D eigenvalue weighted by Crippen LogP contribution is 2.35. The van der Waals surface area contributed by atoms with E-state index in [-0.39, 0.29) is 18.4 Å². The third-order valence-electron chi connectivity index (χ3n) is 3.31. The Labute approximate surface area is 141 Å². The number of nitrogens with one attached hydrogen (secondary N) is 1. The van der Waals surface area contributed by atoms with Crippen LogP contribution in [-0.4, -0.2) is 18.2 Å². The maximum absolute atomic E-state index is 10.1. The third kappa shape index (κ3) is 3.84. The van der Waals surface area contributed by atoms with Crippen LogP contribution in [0.4, 0.5) is 0 Å². The van der Waals surface area contributed by atoms with Crippen LogP contribution in [0.5, 0.6) is 5.75 Å². The number of phenols is 1. The molecule has 1 saturated heterocycles. The van der Waals surface area contributed by atoms with Gasteiger partial charge < -0.3 is 16.2 Å². The molecule has 0 amide bonds. The average molecular weight is 495 g/mol. The molecule has 3 nitrogen and oxygen atoms in total. The number of piperidine rings is 1. The molecule has 1 heterocycles. The van der Waals surface area contributed by atoms with E-state index in [9.17, 15) is 5.11 Å². The number of nitrogens with two attached hydrogens (primary N) is 1. The van der Waals surface area contributed by atoms with E-state index in [1.54, 1.807) is 0 Å². The van der Waals surface area contributed by atoms with Gasteiger partial charge in [0, 0.05) is 15.2 Å². The van der Waals surface area contributed by atoms with Gasteiger partial charge in [0.1, 0.15) is 5.75 Å². The molecular formula is C12H17ClI2N2O. The van der Waals surface area contributed by atoms with Crippen molar-refractivity contribution in [3.05, 3.63) is 24.8 Å². The lowest BCUT2D eigenvalue weighted by atomic mass is 9.86. The molecule has 1 atom stereocenters. The summed E-state index contributed by atoms with van der Waals surface area (Å²) in [7, 11) is 0. The highest BCUT2D eigenvalue weighted by atomic mass is 127. The van der Waals surface area contributed by atoms with E-state index in [0.29, 0.717) is 11.7 Å². The van der Waals surface area contributed by atoms with E-state index < -0.39 is 0 Å². The fraction of sp³-hybridized carbons (Fsp3) is 0.500. The number of halogens is 3. The van der Waals surface area contributed by atoms with Crippen molar-refractivity contribution in [2.45, 2.75) is 18.9 Å². The Morgan fingerprint density at radius 1 is 1.28 bits per heavy atom. The summed E-state index contributed by atoms with van der Waals surface area (Å²) in [6, 6.07) is 3.92. The molecule has 102 valence electrons. The Balaban J connectivity index is 0.00000162. The maximum atomic E-state index is 10.1. The van der Waals surface area contributed by atoms with E-state index in [1.165, 1.54) is 0 Å². The van der Waals surface area contributed by atoms with Gasteiger partial charge >= 0.3 is 0 Å². The van der Waals surface area contributed by atoms with Gasteiger partial charge in [0.2, 0.25) is 0 Å². The summed E-state index contributed by atoms with van der Waals surface area (Å²) in [5, 5.41) is 13.5. The molecule has 1 fully saturated rings. The number of aromatic hydroxyl groups is 1. The van der Waals surface area contributed by atoms with Crippen LogP contribution in [0.25, 0.3) is 0 Å². The minimum atomic E-state index is -0.0552. The van der Waals surface area contributed by atoms with E-state index >= 15 is 0 Å². The molecule has 1 aliphatic rings. The molecule has 0 aromatic heterocycles. The van der Waals surface area contributed by atoms with Gasteiger partial charge in [-0.1, -0.05) is 0 Å². The zero-order chi connectivity index (χ0) is 12.4.